The molecule has 20 heavy (non-hydrogen) atoms. The van der Waals surface area contributed by atoms with Crippen LogP contribution in [-0.2, 0) is 10.3 Å². The van der Waals surface area contributed by atoms with Gasteiger partial charge in [-0.3, -0.25) is 0 Å². The van der Waals surface area contributed by atoms with E-state index in [9.17, 15) is 0 Å². The summed E-state index contributed by atoms with van der Waals surface area (Å²) in [7, 11) is 1.72. The molecular weight excluding hydrogens is 250 g/mol. The van der Waals surface area contributed by atoms with Crippen molar-refractivity contribution in [3.05, 3.63) is 30.1 Å². The lowest BCUT2D eigenvalue weighted by atomic mass is 10.1. The molecule has 0 bridgehead atoms. The van der Waals surface area contributed by atoms with E-state index in [0.717, 1.165) is 36.3 Å². The number of hydrogen-bond donors (Lipinski definition) is 1. The third-order valence-corrected chi connectivity index (χ3v) is 3.45. The summed E-state index contributed by atoms with van der Waals surface area (Å²) in [5.74, 6) is 0.967. The molecule has 0 amide bonds. The number of nitrogens with two attached hydrogens (primary N) is 1. The molecule has 1 heterocycles. The van der Waals surface area contributed by atoms with E-state index in [1.54, 1.807) is 7.11 Å². The number of benzene rings is 1. The van der Waals surface area contributed by atoms with E-state index in [4.69, 9.17) is 15.5 Å². The number of para-hydroxylation sites is 2. The molecule has 0 aliphatic rings. The Bertz CT molecular complexity index is 569. The van der Waals surface area contributed by atoms with Gasteiger partial charge in [-0.25, -0.2) is 4.98 Å². The number of imidazole rings is 1. The third-order valence-electron chi connectivity index (χ3n) is 3.45. The molecule has 0 fully saturated rings. The summed E-state index contributed by atoms with van der Waals surface area (Å²) in [4.78, 5) is 4.75. The van der Waals surface area contributed by atoms with Crippen LogP contribution < -0.4 is 5.73 Å². The lowest BCUT2D eigenvalue weighted by Gasteiger charge is -2.26. The molecule has 1 aromatic carbocycles. The van der Waals surface area contributed by atoms with E-state index >= 15 is 0 Å². The normalized spacial score (nSPS) is 13.8. The van der Waals surface area contributed by atoms with Gasteiger partial charge in [-0.2, -0.15) is 0 Å². The fourth-order valence-electron chi connectivity index (χ4n) is 2.58. The van der Waals surface area contributed by atoms with Gasteiger partial charge in [0.25, 0.3) is 0 Å². The van der Waals surface area contributed by atoms with Gasteiger partial charge in [-0.1, -0.05) is 12.1 Å². The van der Waals surface area contributed by atoms with Crippen molar-refractivity contribution in [1.82, 2.24) is 9.55 Å². The third kappa shape index (κ3) is 3.02. The summed E-state index contributed by atoms with van der Waals surface area (Å²) >= 11 is 0. The van der Waals surface area contributed by atoms with Crippen molar-refractivity contribution in [2.24, 2.45) is 5.73 Å². The van der Waals surface area contributed by atoms with Crippen LogP contribution in [0.25, 0.3) is 11.0 Å². The molecule has 0 saturated heterocycles. The first kappa shape index (κ1) is 15.0. The molecule has 2 aromatic rings. The van der Waals surface area contributed by atoms with Gasteiger partial charge in [0.15, 0.2) is 0 Å². The molecule has 1 aromatic heterocycles. The zero-order valence-electron chi connectivity index (χ0n) is 12.9. The van der Waals surface area contributed by atoms with Gasteiger partial charge in [0.1, 0.15) is 5.82 Å². The second-order valence-electron chi connectivity index (χ2n) is 6.21. The van der Waals surface area contributed by atoms with Crippen molar-refractivity contribution in [3.63, 3.8) is 0 Å². The highest BCUT2D eigenvalue weighted by molar-refractivity contribution is 5.76. The Morgan fingerprint density at radius 3 is 2.65 bits per heavy atom. The summed E-state index contributed by atoms with van der Waals surface area (Å²) < 4.78 is 7.37. The Labute approximate surface area is 120 Å². The number of fused-ring (bicyclic) bond motifs is 1. The van der Waals surface area contributed by atoms with Gasteiger partial charge in [0, 0.05) is 19.3 Å². The minimum Gasteiger partial charge on any atom is -0.385 e. The maximum Gasteiger partial charge on any atom is 0.127 e. The molecule has 4 nitrogen and oxygen atoms in total. The van der Waals surface area contributed by atoms with Crippen molar-refractivity contribution < 1.29 is 4.74 Å². The molecule has 0 aliphatic heterocycles. The van der Waals surface area contributed by atoms with Crippen molar-refractivity contribution >= 4 is 11.0 Å². The Morgan fingerprint density at radius 1 is 1.30 bits per heavy atom. The van der Waals surface area contributed by atoms with E-state index in [1.165, 1.54) is 0 Å². The van der Waals surface area contributed by atoms with E-state index in [0.29, 0.717) is 0 Å². The molecule has 110 valence electrons. The number of methoxy groups -OCH3 is 1. The Balaban J connectivity index is 2.41. The first-order valence-corrected chi connectivity index (χ1v) is 7.17. The predicted octanol–water partition coefficient (Wildman–Crippen LogP) is 3.22. The van der Waals surface area contributed by atoms with Gasteiger partial charge < -0.3 is 15.0 Å². The average Bonchev–Trinajstić information content (AvgIpc) is 2.78. The quantitative estimate of drug-likeness (QED) is 0.852. The summed E-state index contributed by atoms with van der Waals surface area (Å²) in [5, 5.41) is 0. The topological polar surface area (TPSA) is 53.1 Å². The molecular formula is C16H25N3O. The number of nitrogens with zero attached hydrogens (tertiary/aromatic N) is 2. The van der Waals surface area contributed by atoms with E-state index < -0.39 is 0 Å². The van der Waals surface area contributed by atoms with Crippen LogP contribution in [0.2, 0.25) is 0 Å². The van der Waals surface area contributed by atoms with Crippen LogP contribution in [0.15, 0.2) is 24.3 Å². The van der Waals surface area contributed by atoms with Crippen LogP contribution in [0.3, 0.4) is 0 Å². The standard InChI is InChI=1S/C16H25N3O/c1-16(2,3)19-14-10-6-5-9-13(14)18-15(19)12(17)8-7-11-20-4/h5-6,9-10,12H,7-8,11,17H2,1-4H3. The highest BCUT2D eigenvalue weighted by Crippen LogP contribution is 2.28. The van der Waals surface area contributed by atoms with Crippen molar-refractivity contribution in [2.75, 3.05) is 13.7 Å². The second kappa shape index (κ2) is 5.94. The zero-order valence-corrected chi connectivity index (χ0v) is 12.9. The minimum absolute atomic E-state index is 0.0374. The summed E-state index contributed by atoms with van der Waals surface area (Å²) in [6.45, 7) is 7.30. The molecule has 1 unspecified atom stereocenters. The monoisotopic (exact) mass is 275 g/mol. The van der Waals surface area contributed by atoms with E-state index in [1.807, 2.05) is 18.2 Å². The number of aromatic nitrogens is 2. The molecule has 0 saturated carbocycles. The minimum atomic E-state index is -0.0585. The van der Waals surface area contributed by atoms with E-state index in [2.05, 4.69) is 31.4 Å². The van der Waals surface area contributed by atoms with Crippen LogP contribution >= 0.6 is 0 Å². The van der Waals surface area contributed by atoms with Crippen LogP contribution in [-0.4, -0.2) is 23.3 Å². The Kier molecular flexibility index (Phi) is 4.45. The first-order chi connectivity index (χ1) is 9.45. The van der Waals surface area contributed by atoms with Crippen LogP contribution in [0.4, 0.5) is 0 Å². The number of ether oxygens (including phenoxy) is 1. The van der Waals surface area contributed by atoms with Gasteiger partial charge in [0.05, 0.1) is 17.1 Å². The van der Waals surface area contributed by atoms with Crippen LogP contribution in [0.1, 0.15) is 45.5 Å². The average molecular weight is 275 g/mol. The summed E-state index contributed by atoms with van der Waals surface area (Å²) in [6, 6.07) is 8.16. The smallest absolute Gasteiger partial charge is 0.127 e. The number of rotatable bonds is 5. The molecule has 0 aliphatic carbocycles. The highest BCUT2D eigenvalue weighted by atomic mass is 16.5. The molecule has 0 spiro atoms. The maximum atomic E-state index is 6.36. The van der Waals surface area contributed by atoms with Gasteiger partial charge in [-0.05, 0) is 45.7 Å². The lowest BCUT2D eigenvalue weighted by molar-refractivity contribution is 0.190. The fourth-order valence-corrected chi connectivity index (χ4v) is 2.58. The van der Waals surface area contributed by atoms with Gasteiger partial charge in [0.2, 0.25) is 0 Å². The predicted molar refractivity (Wildman–Crippen MR) is 82.8 cm³/mol. The highest BCUT2D eigenvalue weighted by Gasteiger charge is 2.24. The first-order valence-electron chi connectivity index (χ1n) is 7.17. The maximum absolute atomic E-state index is 6.36. The molecule has 4 heteroatoms. The lowest BCUT2D eigenvalue weighted by Crippen LogP contribution is -2.27. The SMILES string of the molecule is COCCCC(N)c1nc2ccccc2n1C(C)(C)C. The van der Waals surface area contributed by atoms with E-state index in [-0.39, 0.29) is 11.6 Å². The molecule has 1 atom stereocenters. The second-order valence-corrected chi connectivity index (χ2v) is 6.21. The van der Waals surface area contributed by atoms with Crippen LogP contribution in [0, 0.1) is 0 Å². The van der Waals surface area contributed by atoms with Gasteiger partial charge >= 0.3 is 0 Å². The molecule has 0 radical (unpaired) electrons. The van der Waals surface area contributed by atoms with Crippen molar-refractivity contribution in [2.45, 2.75) is 45.2 Å². The largest absolute Gasteiger partial charge is 0.385 e. The fraction of sp³-hybridized carbons (Fsp3) is 0.562. The Hall–Kier alpha value is -1.39. The summed E-state index contributed by atoms with van der Waals surface area (Å²) in [5.41, 5.74) is 8.48. The van der Waals surface area contributed by atoms with Crippen molar-refractivity contribution in [3.8, 4) is 0 Å². The number of hydrogen-bond acceptors (Lipinski definition) is 3. The van der Waals surface area contributed by atoms with Crippen LogP contribution in [0.5, 0.6) is 0 Å². The zero-order chi connectivity index (χ0) is 14.8. The molecule has 2 rings (SSSR count). The summed E-state index contributed by atoms with van der Waals surface area (Å²) in [6.07, 6.45) is 1.83. The molecule has 2 N–H and O–H groups in total. The van der Waals surface area contributed by atoms with Gasteiger partial charge in [-0.15, -0.1) is 0 Å². The Morgan fingerprint density at radius 2 is 2.00 bits per heavy atom. The van der Waals surface area contributed by atoms with Crippen molar-refractivity contribution in [1.29, 1.82) is 0 Å².